The van der Waals surface area contributed by atoms with Gasteiger partial charge in [-0.1, -0.05) is 60.2 Å². The van der Waals surface area contributed by atoms with E-state index in [4.69, 9.17) is 9.72 Å². The summed E-state index contributed by atoms with van der Waals surface area (Å²) in [5.74, 6) is 0.477. The smallest absolute Gasteiger partial charge is 0.115 e. The quantitative estimate of drug-likeness (QED) is 0.544. The largest absolute Gasteiger partial charge is 0.391 e. The van der Waals surface area contributed by atoms with Gasteiger partial charge in [-0.3, -0.25) is 4.90 Å². The number of aliphatic hydroxyl groups is 1. The van der Waals surface area contributed by atoms with E-state index in [-0.39, 0.29) is 0 Å². The van der Waals surface area contributed by atoms with Gasteiger partial charge in [0, 0.05) is 36.5 Å². The number of nitriles is 1. The zero-order valence-corrected chi connectivity index (χ0v) is 19.0. The van der Waals surface area contributed by atoms with Gasteiger partial charge in [-0.2, -0.15) is 5.26 Å². The van der Waals surface area contributed by atoms with Crippen molar-refractivity contribution in [2.45, 2.75) is 18.1 Å². The average Bonchev–Trinajstić information content (AvgIpc) is 2.84. The fourth-order valence-electron chi connectivity index (χ4n) is 3.76. The van der Waals surface area contributed by atoms with Gasteiger partial charge in [0.2, 0.25) is 0 Å². The number of aromatic nitrogens is 1. The lowest BCUT2D eigenvalue weighted by atomic mass is 9.98. The predicted octanol–water partition coefficient (Wildman–Crippen LogP) is 4.38. The fraction of sp³-hybridized carbons (Fsp3) is 0.308. The fourth-order valence-corrected chi connectivity index (χ4v) is 4.68. The molecule has 0 unspecified atom stereocenters. The second kappa shape index (κ2) is 10.8. The van der Waals surface area contributed by atoms with E-state index in [1.807, 2.05) is 55.5 Å². The molecule has 32 heavy (non-hydrogen) atoms. The first-order valence-electron chi connectivity index (χ1n) is 10.8. The van der Waals surface area contributed by atoms with E-state index in [0.717, 1.165) is 35.5 Å². The van der Waals surface area contributed by atoms with Crippen molar-refractivity contribution >= 4 is 11.8 Å². The van der Waals surface area contributed by atoms with Crippen molar-refractivity contribution in [1.82, 2.24) is 9.88 Å². The van der Waals surface area contributed by atoms with E-state index >= 15 is 0 Å². The number of ether oxygens (including phenoxy) is 1. The van der Waals surface area contributed by atoms with Crippen molar-refractivity contribution in [3.63, 3.8) is 0 Å². The maximum absolute atomic E-state index is 10.6. The van der Waals surface area contributed by atoms with E-state index in [2.05, 4.69) is 23.1 Å². The molecule has 1 fully saturated rings. The monoisotopic (exact) mass is 445 g/mol. The third kappa shape index (κ3) is 5.56. The molecule has 1 atom stereocenters. The molecule has 6 heteroatoms. The minimum absolute atomic E-state index is 0.477. The first-order valence-corrected chi connectivity index (χ1v) is 11.8. The molecule has 0 radical (unpaired) electrons. The Bertz CT molecular complexity index is 1070. The van der Waals surface area contributed by atoms with Crippen molar-refractivity contribution < 1.29 is 9.84 Å². The summed E-state index contributed by atoms with van der Waals surface area (Å²) in [4.78, 5) is 7.05. The number of hydrogen-bond acceptors (Lipinski definition) is 6. The molecule has 2 aromatic carbocycles. The van der Waals surface area contributed by atoms with Crippen LogP contribution in [0, 0.1) is 18.3 Å². The Morgan fingerprint density at radius 1 is 1.09 bits per heavy atom. The van der Waals surface area contributed by atoms with E-state index < -0.39 is 6.10 Å². The highest BCUT2D eigenvalue weighted by molar-refractivity contribution is 7.99. The van der Waals surface area contributed by atoms with E-state index in [0.29, 0.717) is 36.1 Å². The van der Waals surface area contributed by atoms with E-state index in [9.17, 15) is 10.4 Å². The first-order chi connectivity index (χ1) is 15.6. The zero-order valence-electron chi connectivity index (χ0n) is 18.2. The van der Waals surface area contributed by atoms with Crippen LogP contribution in [0.15, 0.2) is 65.7 Å². The minimum atomic E-state index is -0.505. The van der Waals surface area contributed by atoms with Gasteiger partial charge >= 0.3 is 0 Å². The van der Waals surface area contributed by atoms with Crippen LogP contribution in [0.1, 0.15) is 11.1 Å². The maximum atomic E-state index is 10.6. The summed E-state index contributed by atoms with van der Waals surface area (Å²) >= 11 is 1.45. The predicted molar refractivity (Wildman–Crippen MR) is 129 cm³/mol. The molecule has 0 bridgehead atoms. The molecular weight excluding hydrogens is 418 g/mol. The number of pyridine rings is 1. The number of rotatable bonds is 7. The number of hydrogen-bond donors (Lipinski definition) is 1. The van der Waals surface area contributed by atoms with Crippen LogP contribution in [0.25, 0.3) is 22.4 Å². The summed E-state index contributed by atoms with van der Waals surface area (Å²) in [5.41, 5.74) is 5.41. The average molecular weight is 446 g/mol. The van der Waals surface area contributed by atoms with Gasteiger partial charge in [0.25, 0.3) is 0 Å². The van der Waals surface area contributed by atoms with Crippen molar-refractivity contribution in [3.8, 4) is 28.5 Å². The van der Waals surface area contributed by atoms with E-state index in [1.165, 1.54) is 17.3 Å². The van der Waals surface area contributed by atoms with Gasteiger partial charge in [0.05, 0.1) is 30.6 Å². The molecule has 0 saturated carbocycles. The molecule has 1 saturated heterocycles. The Kier molecular flexibility index (Phi) is 7.56. The molecule has 3 aromatic rings. The summed E-state index contributed by atoms with van der Waals surface area (Å²) in [5, 5.41) is 21.3. The third-order valence-electron chi connectivity index (χ3n) is 5.52. The van der Waals surface area contributed by atoms with E-state index in [1.54, 1.807) is 0 Å². The molecule has 4 rings (SSSR count). The second-order valence-electron chi connectivity index (χ2n) is 7.96. The van der Waals surface area contributed by atoms with Gasteiger partial charge in [0.15, 0.2) is 0 Å². The highest BCUT2D eigenvalue weighted by Crippen LogP contribution is 2.34. The SMILES string of the molecule is Cc1ccc(-c2cc(-c3ccccc3)nc(SC[C@@H](O)CN3CCOCC3)c2C#N)cc1. The van der Waals surface area contributed by atoms with Crippen molar-refractivity contribution in [3.05, 3.63) is 71.8 Å². The van der Waals surface area contributed by atoms with Crippen LogP contribution >= 0.6 is 11.8 Å². The number of aliphatic hydroxyl groups excluding tert-OH is 1. The molecule has 164 valence electrons. The summed E-state index contributed by atoms with van der Waals surface area (Å²) in [7, 11) is 0. The Labute approximate surface area is 193 Å². The normalized spacial score (nSPS) is 15.3. The van der Waals surface area contributed by atoms with Crippen LogP contribution in [0.5, 0.6) is 0 Å². The van der Waals surface area contributed by atoms with Crippen LogP contribution in [0.2, 0.25) is 0 Å². The molecular formula is C26H27N3O2S. The van der Waals surface area contributed by atoms with Gasteiger partial charge in [0.1, 0.15) is 11.1 Å². The van der Waals surface area contributed by atoms with Gasteiger partial charge in [-0.25, -0.2) is 4.98 Å². The van der Waals surface area contributed by atoms with Gasteiger partial charge < -0.3 is 9.84 Å². The Morgan fingerprint density at radius 2 is 1.81 bits per heavy atom. The standard InChI is InChI=1S/C26H27N3O2S/c1-19-7-9-20(10-8-19)23-15-25(21-5-3-2-4-6-21)28-26(24(23)16-27)32-18-22(30)17-29-11-13-31-14-12-29/h2-10,15,22,30H,11-14,17-18H2,1H3/t22-/m0/s1. The van der Waals surface area contributed by atoms with Gasteiger partial charge in [-0.15, -0.1) is 11.8 Å². The second-order valence-corrected chi connectivity index (χ2v) is 8.97. The van der Waals surface area contributed by atoms with Crippen molar-refractivity contribution in [1.29, 1.82) is 5.26 Å². The molecule has 5 nitrogen and oxygen atoms in total. The Hall–Kier alpha value is -2.69. The number of thioether (sulfide) groups is 1. The molecule has 0 aliphatic carbocycles. The Balaban J connectivity index is 1.64. The Morgan fingerprint density at radius 3 is 2.50 bits per heavy atom. The first kappa shape index (κ1) is 22.5. The number of nitrogens with zero attached hydrogens (tertiary/aromatic N) is 3. The number of β-amino-alcohol motifs (C(OH)–C–C–N with tert-alkyl or cyclic N) is 1. The molecule has 1 N–H and O–H groups in total. The summed E-state index contributed by atoms with van der Waals surface area (Å²) in [6.45, 7) is 5.74. The van der Waals surface area contributed by atoms with Crippen molar-refractivity contribution in [2.75, 3.05) is 38.6 Å². The lowest BCUT2D eigenvalue weighted by Gasteiger charge is -2.28. The highest BCUT2D eigenvalue weighted by atomic mass is 32.2. The zero-order chi connectivity index (χ0) is 22.3. The minimum Gasteiger partial charge on any atom is -0.391 e. The van der Waals surface area contributed by atoms with Crippen LogP contribution in [0.4, 0.5) is 0 Å². The number of benzene rings is 2. The molecule has 1 aromatic heterocycles. The molecule has 1 aliphatic rings. The molecule has 1 aliphatic heterocycles. The highest BCUT2D eigenvalue weighted by Gasteiger charge is 2.19. The van der Waals surface area contributed by atoms with Crippen LogP contribution < -0.4 is 0 Å². The van der Waals surface area contributed by atoms with Crippen LogP contribution in [0.3, 0.4) is 0 Å². The molecule has 0 spiro atoms. The summed E-state index contributed by atoms with van der Waals surface area (Å²) in [6.07, 6.45) is -0.505. The number of morpholine rings is 1. The lowest BCUT2D eigenvalue weighted by molar-refractivity contribution is 0.0188. The summed E-state index contributed by atoms with van der Waals surface area (Å²) < 4.78 is 5.38. The number of aryl methyl sites for hydroxylation is 1. The third-order valence-corrected chi connectivity index (χ3v) is 6.64. The van der Waals surface area contributed by atoms with Gasteiger partial charge in [-0.05, 0) is 18.6 Å². The lowest BCUT2D eigenvalue weighted by Crippen LogP contribution is -2.41. The topological polar surface area (TPSA) is 69.4 Å². The van der Waals surface area contributed by atoms with Crippen LogP contribution in [-0.2, 0) is 4.74 Å². The van der Waals surface area contributed by atoms with Crippen molar-refractivity contribution in [2.24, 2.45) is 0 Å². The molecule has 0 amide bonds. The summed E-state index contributed by atoms with van der Waals surface area (Å²) in [6, 6.07) is 22.6. The van der Waals surface area contributed by atoms with Crippen LogP contribution in [-0.4, -0.2) is 59.7 Å². The molecule has 2 heterocycles. The maximum Gasteiger partial charge on any atom is 0.115 e.